The van der Waals surface area contributed by atoms with Gasteiger partial charge in [0.15, 0.2) is 5.82 Å². The first kappa shape index (κ1) is 10.1. The predicted molar refractivity (Wildman–Crippen MR) is 55.3 cm³/mol. The Kier molecular flexibility index (Phi) is 2.78. The zero-order valence-electron chi connectivity index (χ0n) is 8.64. The molecule has 0 spiro atoms. The molecule has 0 aromatic carbocycles. The Hall–Kier alpha value is -2.42. The van der Waals surface area contributed by atoms with Gasteiger partial charge in [0.1, 0.15) is 6.07 Å². The van der Waals surface area contributed by atoms with Gasteiger partial charge in [0.05, 0.1) is 24.0 Å². The van der Waals surface area contributed by atoms with Gasteiger partial charge in [0.25, 0.3) is 0 Å². The van der Waals surface area contributed by atoms with Crippen molar-refractivity contribution in [3.8, 4) is 6.07 Å². The van der Waals surface area contributed by atoms with E-state index in [-0.39, 0.29) is 0 Å². The van der Waals surface area contributed by atoms with Crippen molar-refractivity contribution in [3.05, 3.63) is 35.7 Å². The fourth-order valence-corrected chi connectivity index (χ4v) is 1.22. The maximum atomic E-state index is 8.85. The van der Waals surface area contributed by atoms with E-state index in [1.165, 1.54) is 0 Å². The van der Waals surface area contributed by atoms with Crippen LogP contribution in [0.2, 0.25) is 0 Å². The maximum absolute atomic E-state index is 8.85. The summed E-state index contributed by atoms with van der Waals surface area (Å²) in [6, 6.07) is 3.71. The molecule has 2 heterocycles. The quantitative estimate of drug-likeness (QED) is 0.829. The molecule has 2 aromatic heterocycles. The third-order valence-corrected chi connectivity index (χ3v) is 1.95. The van der Waals surface area contributed by atoms with Crippen molar-refractivity contribution in [3.63, 3.8) is 0 Å². The third-order valence-electron chi connectivity index (χ3n) is 1.95. The van der Waals surface area contributed by atoms with Gasteiger partial charge in [0.2, 0.25) is 5.89 Å². The second kappa shape index (κ2) is 4.40. The van der Waals surface area contributed by atoms with Crippen molar-refractivity contribution >= 4 is 5.69 Å². The normalized spacial score (nSPS) is 9.75. The molecular weight excluding hydrogens is 206 g/mol. The van der Waals surface area contributed by atoms with Crippen LogP contribution < -0.4 is 5.32 Å². The molecule has 80 valence electrons. The zero-order valence-corrected chi connectivity index (χ0v) is 8.64. The first-order chi connectivity index (χ1) is 7.79. The number of hydrogen-bond donors (Lipinski definition) is 1. The Balaban J connectivity index is 2.08. The minimum atomic E-state index is 0.401. The van der Waals surface area contributed by atoms with Gasteiger partial charge < -0.3 is 9.84 Å². The Labute approximate surface area is 91.9 Å². The van der Waals surface area contributed by atoms with Crippen LogP contribution in [0.4, 0.5) is 5.69 Å². The van der Waals surface area contributed by atoms with Gasteiger partial charge in [-0.05, 0) is 6.07 Å². The van der Waals surface area contributed by atoms with Gasteiger partial charge in [-0.1, -0.05) is 5.16 Å². The van der Waals surface area contributed by atoms with Gasteiger partial charge in [-0.2, -0.15) is 10.2 Å². The lowest BCUT2D eigenvalue weighted by atomic mass is 10.2. The third kappa shape index (κ3) is 2.15. The van der Waals surface area contributed by atoms with Crippen LogP contribution in [0.3, 0.4) is 0 Å². The largest absolute Gasteiger partial charge is 0.375 e. The van der Waals surface area contributed by atoms with Crippen molar-refractivity contribution in [1.82, 2.24) is 15.1 Å². The zero-order chi connectivity index (χ0) is 11.4. The van der Waals surface area contributed by atoms with Crippen LogP contribution in [0.15, 0.2) is 23.0 Å². The van der Waals surface area contributed by atoms with E-state index in [9.17, 15) is 0 Å². The Morgan fingerprint density at radius 1 is 1.56 bits per heavy atom. The number of nitrogens with one attached hydrogen (secondary N) is 1. The highest BCUT2D eigenvalue weighted by Crippen LogP contribution is 2.12. The predicted octanol–water partition coefficient (Wildman–Crippen LogP) is 1.26. The highest BCUT2D eigenvalue weighted by molar-refractivity contribution is 5.55. The molecule has 0 aliphatic rings. The van der Waals surface area contributed by atoms with Crippen molar-refractivity contribution in [2.75, 3.05) is 5.32 Å². The van der Waals surface area contributed by atoms with E-state index in [0.717, 1.165) is 0 Å². The van der Waals surface area contributed by atoms with E-state index >= 15 is 0 Å². The Bertz CT molecular complexity index is 528. The van der Waals surface area contributed by atoms with Gasteiger partial charge in [-0.3, -0.25) is 4.98 Å². The second-order valence-electron chi connectivity index (χ2n) is 3.12. The Morgan fingerprint density at radius 2 is 2.44 bits per heavy atom. The molecule has 0 saturated carbocycles. The lowest BCUT2D eigenvalue weighted by molar-refractivity contribution is 0.388. The molecule has 0 aliphatic carbocycles. The van der Waals surface area contributed by atoms with Crippen LogP contribution in [-0.4, -0.2) is 15.1 Å². The molecule has 2 rings (SSSR count). The lowest BCUT2D eigenvalue weighted by Gasteiger charge is -2.03. The van der Waals surface area contributed by atoms with Gasteiger partial charge in [-0.15, -0.1) is 0 Å². The van der Waals surface area contributed by atoms with Gasteiger partial charge >= 0.3 is 0 Å². The summed E-state index contributed by atoms with van der Waals surface area (Å²) in [5, 5.41) is 15.6. The average Bonchev–Trinajstić information content (AvgIpc) is 2.73. The van der Waals surface area contributed by atoms with E-state index in [4.69, 9.17) is 9.78 Å². The molecule has 0 radical (unpaired) electrons. The molecule has 0 bridgehead atoms. The number of rotatable bonds is 3. The molecule has 2 aromatic rings. The SMILES string of the molecule is Cc1nc(CNc2cnccc2C#N)no1. The van der Waals surface area contributed by atoms with E-state index in [1.54, 1.807) is 25.4 Å². The van der Waals surface area contributed by atoms with Gasteiger partial charge in [-0.25, -0.2) is 0 Å². The Morgan fingerprint density at radius 3 is 3.12 bits per heavy atom. The smallest absolute Gasteiger partial charge is 0.223 e. The van der Waals surface area contributed by atoms with Crippen LogP contribution >= 0.6 is 0 Å². The van der Waals surface area contributed by atoms with Crippen LogP contribution in [0.1, 0.15) is 17.3 Å². The molecular formula is C10H9N5O. The van der Waals surface area contributed by atoms with Crippen molar-refractivity contribution in [1.29, 1.82) is 5.26 Å². The number of nitriles is 1. The standard InChI is InChI=1S/C10H9N5O/c1-7-14-10(15-16-7)6-13-9-5-12-3-2-8(9)4-11/h2-3,5,13H,6H2,1H3. The fourth-order valence-electron chi connectivity index (χ4n) is 1.22. The van der Waals surface area contributed by atoms with Crippen molar-refractivity contribution in [2.24, 2.45) is 0 Å². The first-order valence-electron chi connectivity index (χ1n) is 4.67. The topological polar surface area (TPSA) is 87.6 Å². The van der Waals surface area contributed by atoms with Crippen LogP contribution in [0.5, 0.6) is 0 Å². The molecule has 0 amide bonds. The summed E-state index contributed by atoms with van der Waals surface area (Å²) >= 11 is 0. The summed E-state index contributed by atoms with van der Waals surface area (Å²) in [5.74, 6) is 1.06. The van der Waals surface area contributed by atoms with Crippen LogP contribution in [0.25, 0.3) is 0 Å². The van der Waals surface area contributed by atoms with Crippen LogP contribution in [-0.2, 0) is 6.54 Å². The minimum absolute atomic E-state index is 0.401. The monoisotopic (exact) mass is 215 g/mol. The molecule has 6 nitrogen and oxygen atoms in total. The molecule has 0 unspecified atom stereocenters. The molecule has 0 saturated heterocycles. The van der Waals surface area contributed by atoms with E-state index in [0.29, 0.717) is 29.5 Å². The van der Waals surface area contributed by atoms with E-state index in [2.05, 4.69) is 26.5 Å². The number of aryl methyl sites for hydroxylation is 1. The summed E-state index contributed by atoms with van der Waals surface area (Å²) in [6.45, 7) is 2.12. The number of aromatic nitrogens is 3. The average molecular weight is 215 g/mol. The van der Waals surface area contributed by atoms with Crippen molar-refractivity contribution < 1.29 is 4.52 Å². The number of nitrogens with zero attached hydrogens (tertiary/aromatic N) is 4. The number of hydrogen-bond acceptors (Lipinski definition) is 6. The summed E-state index contributed by atoms with van der Waals surface area (Å²) in [6.07, 6.45) is 3.16. The molecule has 0 fully saturated rings. The molecule has 16 heavy (non-hydrogen) atoms. The number of pyridine rings is 1. The summed E-state index contributed by atoms with van der Waals surface area (Å²) in [7, 11) is 0. The number of anilines is 1. The summed E-state index contributed by atoms with van der Waals surface area (Å²) < 4.78 is 4.83. The molecule has 1 N–H and O–H groups in total. The van der Waals surface area contributed by atoms with Crippen LogP contribution in [0, 0.1) is 18.3 Å². The first-order valence-corrected chi connectivity index (χ1v) is 4.67. The lowest BCUT2D eigenvalue weighted by Crippen LogP contribution is -2.03. The molecule has 0 aliphatic heterocycles. The molecule has 6 heteroatoms. The summed E-state index contributed by atoms with van der Waals surface area (Å²) in [5.41, 5.74) is 1.20. The van der Waals surface area contributed by atoms with E-state index < -0.39 is 0 Å². The highest BCUT2D eigenvalue weighted by atomic mass is 16.5. The van der Waals surface area contributed by atoms with Gasteiger partial charge in [0, 0.05) is 13.1 Å². The maximum Gasteiger partial charge on any atom is 0.223 e. The van der Waals surface area contributed by atoms with Crippen molar-refractivity contribution in [2.45, 2.75) is 13.5 Å². The summed E-state index contributed by atoms with van der Waals surface area (Å²) in [4.78, 5) is 7.97. The molecule has 0 atom stereocenters. The minimum Gasteiger partial charge on any atom is -0.375 e. The fraction of sp³-hybridized carbons (Fsp3) is 0.200. The second-order valence-corrected chi connectivity index (χ2v) is 3.12. The highest BCUT2D eigenvalue weighted by Gasteiger charge is 2.04. The van der Waals surface area contributed by atoms with E-state index in [1.807, 2.05) is 0 Å².